The topological polar surface area (TPSA) is 46.5 Å². The SMILES string of the molecule is CCOC(=O)C(C)(O)Cc1ccccc1. The van der Waals surface area contributed by atoms with Crippen molar-refractivity contribution in [3.8, 4) is 0 Å². The molecule has 0 aliphatic carbocycles. The van der Waals surface area contributed by atoms with Crippen LogP contribution in [0.15, 0.2) is 30.3 Å². The molecule has 3 nitrogen and oxygen atoms in total. The van der Waals surface area contributed by atoms with Crippen molar-refractivity contribution in [2.24, 2.45) is 0 Å². The maximum Gasteiger partial charge on any atom is 0.338 e. The Hall–Kier alpha value is -1.35. The van der Waals surface area contributed by atoms with E-state index in [1.54, 1.807) is 6.92 Å². The van der Waals surface area contributed by atoms with Gasteiger partial charge in [-0.15, -0.1) is 0 Å². The van der Waals surface area contributed by atoms with E-state index in [1.807, 2.05) is 30.3 Å². The molecule has 1 aromatic rings. The number of rotatable bonds is 4. The molecule has 0 fully saturated rings. The molecule has 1 unspecified atom stereocenters. The summed E-state index contributed by atoms with van der Waals surface area (Å²) in [7, 11) is 0. The lowest BCUT2D eigenvalue weighted by Crippen LogP contribution is -2.39. The first-order valence-electron chi connectivity index (χ1n) is 5.00. The van der Waals surface area contributed by atoms with Gasteiger partial charge in [-0.1, -0.05) is 30.3 Å². The number of esters is 1. The number of carbonyl (C=O) groups is 1. The zero-order valence-corrected chi connectivity index (χ0v) is 9.06. The Labute approximate surface area is 89.7 Å². The van der Waals surface area contributed by atoms with Gasteiger partial charge in [-0.05, 0) is 19.4 Å². The van der Waals surface area contributed by atoms with Gasteiger partial charge in [0.2, 0.25) is 0 Å². The second-order valence-electron chi connectivity index (χ2n) is 3.66. The molecule has 0 aliphatic rings. The molecule has 3 heteroatoms. The van der Waals surface area contributed by atoms with Crippen LogP contribution in [0.3, 0.4) is 0 Å². The van der Waals surface area contributed by atoms with Gasteiger partial charge in [0, 0.05) is 6.42 Å². The molecule has 0 bridgehead atoms. The maximum atomic E-state index is 11.4. The molecule has 0 heterocycles. The van der Waals surface area contributed by atoms with Gasteiger partial charge in [0.05, 0.1) is 6.61 Å². The number of benzene rings is 1. The smallest absolute Gasteiger partial charge is 0.338 e. The van der Waals surface area contributed by atoms with E-state index >= 15 is 0 Å². The number of aliphatic hydroxyl groups is 1. The Morgan fingerprint density at radius 3 is 2.53 bits per heavy atom. The molecule has 0 aromatic heterocycles. The van der Waals surface area contributed by atoms with Crippen molar-refractivity contribution < 1.29 is 14.6 Å². The third kappa shape index (κ3) is 3.36. The van der Waals surface area contributed by atoms with Gasteiger partial charge in [-0.25, -0.2) is 4.79 Å². The predicted octanol–water partition coefficient (Wildman–Crippen LogP) is 1.54. The van der Waals surface area contributed by atoms with E-state index in [0.29, 0.717) is 0 Å². The van der Waals surface area contributed by atoms with Gasteiger partial charge >= 0.3 is 5.97 Å². The average Bonchev–Trinajstić information content (AvgIpc) is 2.19. The molecule has 1 rings (SSSR count). The summed E-state index contributed by atoms with van der Waals surface area (Å²) < 4.78 is 4.79. The summed E-state index contributed by atoms with van der Waals surface area (Å²) in [5, 5.41) is 9.89. The molecule has 82 valence electrons. The van der Waals surface area contributed by atoms with Crippen LogP contribution >= 0.6 is 0 Å². The maximum absolute atomic E-state index is 11.4. The van der Waals surface area contributed by atoms with Gasteiger partial charge < -0.3 is 9.84 Å². The summed E-state index contributed by atoms with van der Waals surface area (Å²) in [4.78, 5) is 11.4. The molecule has 0 amide bonds. The van der Waals surface area contributed by atoms with Crippen LogP contribution < -0.4 is 0 Å². The Kier molecular flexibility index (Phi) is 3.86. The van der Waals surface area contributed by atoms with Gasteiger partial charge in [-0.2, -0.15) is 0 Å². The average molecular weight is 208 g/mol. The summed E-state index contributed by atoms with van der Waals surface area (Å²) >= 11 is 0. The Balaban J connectivity index is 2.68. The Bertz CT molecular complexity index is 317. The second kappa shape index (κ2) is 4.94. The normalized spacial score (nSPS) is 14.3. The van der Waals surface area contributed by atoms with Crippen LogP contribution in [0, 0.1) is 0 Å². The molecule has 1 aromatic carbocycles. The third-order valence-electron chi connectivity index (χ3n) is 2.11. The van der Waals surface area contributed by atoms with Crippen molar-refractivity contribution in [3.63, 3.8) is 0 Å². The van der Waals surface area contributed by atoms with Crippen molar-refractivity contribution >= 4 is 5.97 Å². The van der Waals surface area contributed by atoms with Crippen LogP contribution in [-0.4, -0.2) is 23.3 Å². The van der Waals surface area contributed by atoms with E-state index in [-0.39, 0.29) is 13.0 Å². The fourth-order valence-corrected chi connectivity index (χ4v) is 1.35. The van der Waals surface area contributed by atoms with Crippen LogP contribution in [0.4, 0.5) is 0 Å². The van der Waals surface area contributed by atoms with E-state index in [0.717, 1.165) is 5.56 Å². The lowest BCUT2D eigenvalue weighted by atomic mass is 9.97. The predicted molar refractivity (Wildman–Crippen MR) is 57.4 cm³/mol. The van der Waals surface area contributed by atoms with Crippen LogP contribution in [-0.2, 0) is 16.0 Å². The van der Waals surface area contributed by atoms with Crippen molar-refractivity contribution in [2.75, 3.05) is 6.61 Å². The molecule has 1 atom stereocenters. The van der Waals surface area contributed by atoms with E-state index in [9.17, 15) is 9.90 Å². The zero-order valence-electron chi connectivity index (χ0n) is 9.06. The highest BCUT2D eigenvalue weighted by molar-refractivity contribution is 5.79. The molecule has 1 N–H and O–H groups in total. The number of carbonyl (C=O) groups excluding carboxylic acids is 1. The van der Waals surface area contributed by atoms with Crippen molar-refractivity contribution in [3.05, 3.63) is 35.9 Å². The zero-order chi connectivity index (χ0) is 11.3. The minimum atomic E-state index is -1.45. The van der Waals surface area contributed by atoms with Crippen LogP contribution in [0.5, 0.6) is 0 Å². The van der Waals surface area contributed by atoms with Gasteiger partial charge in [0.15, 0.2) is 5.60 Å². The third-order valence-corrected chi connectivity index (χ3v) is 2.11. The largest absolute Gasteiger partial charge is 0.464 e. The molecule has 0 saturated carbocycles. The molecule has 15 heavy (non-hydrogen) atoms. The standard InChI is InChI=1S/C12H16O3/c1-3-15-11(13)12(2,14)9-10-7-5-4-6-8-10/h4-8,14H,3,9H2,1-2H3. The number of hydrogen-bond donors (Lipinski definition) is 1. The first-order chi connectivity index (χ1) is 7.06. The summed E-state index contributed by atoms with van der Waals surface area (Å²) in [5.74, 6) is -0.575. The van der Waals surface area contributed by atoms with Gasteiger partial charge in [0.1, 0.15) is 0 Å². The first-order valence-corrected chi connectivity index (χ1v) is 5.00. The quantitative estimate of drug-likeness (QED) is 0.763. The van der Waals surface area contributed by atoms with E-state index in [4.69, 9.17) is 4.74 Å². The van der Waals surface area contributed by atoms with Gasteiger partial charge in [0.25, 0.3) is 0 Å². The fourth-order valence-electron chi connectivity index (χ4n) is 1.35. The minimum absolute atomic E-state index is 0.271. The Morgan fingerprint density at radius 1 is 1.40 bits per heavy atom. The highest BCUT2D eigenvalue weighted by Crippen LogP contribution is 2.14. The van der Waals surface area contributed by atoms with E-state index < -0.39 is 11.6 Å². The van der Waals surface area contributed by atoms with Gasteiger partial charge in [-0.3, -0.25) is 0 Å². The molecule has 0 radical (unpaired) electrons. The minimum Gasteiger partial charge on any atom is -0.464 e. The second-order valence-corrected chi connectivity index (χ2v) is 3.66. The summed E-state index contributed by atoms with van der Waals surface area (Å²) in [6.07, 6.45) is 0.271. The molecule has 0 saturated heterocycles. The summed E-state index contributed by atoms with van der Waals surface area (Å²) in [6, 6.07) is 9.37. The summed E-state index contributed by atoms with van der Waals surface area (Å²) in [6.45, 7) is 3.47. The lowest BCUT2D eigenvalue weighted by molar-refractivity contribution is -0.162. The highest BCUT2D eigenvalue weighted by Gasteiger charge is 2.31. The Morgan fingerprint density at radius 2 is 2.00 bits per heavy atom. The fraction of sp³-hybridized carbons (Fsp3) is 0.417. The highest BCUT2D eigenvalue weighted by atomic mass is 16.5. The number of ether oxygens (including phenoxy) is 1. The van der Waals surface area contributed by atoms with Crippen molar-refractivity contribution in [1.82, 2.24) is 0 Å². The first kappa shape index (κ1) is 11.7. The van der Waals surface area contributed by atoms with Crippen molar-refractivity contribution in [2.45, 2.75) is 25.9 Å². The molecule has 0 aliphatic heterocycles. The van der Waals surface area contributed by atoms with Crippen LogP contribution in [0.2, 0.25) is 0 Å². The van der Waals surface area contributed by atoms with Crippen molar-refractivity contribution in [1.29, 1.82) is 0 Å². The van der Waals surface area contributed by atoms with E-state index in [1.165, 1.54) is 6.92 Å². The molecular weight excluding hydrogens is 192 g/mol. The monoisotopic (exact) mass is 208 g/mol. The van der Waals surface area contributed by atoms with E-state index in [2.05, 4.69) is 0 Å². The molecular formula is C12H16O3. The molecule has 0 spiro atoms. The van der Waals surface area contributed by atoms with Crippen LogP contribution in [0.25, 0.3) is 0 Å². The van der Waals surface area contributed by atoms with Crippen LogP contribution in [0.1, 0.15) is 19.4 Å². The summed E-state index contributed by atoms with van der Waals surface area (Å²) in [5.41, 5.74) is -0.535. The lowest BCUT2D eigenvalue weighted by Gasteiger charge is -2.20. The number of hydrogen-bond acceptors (Lipinski definition) is 3.